The number of benzene rings is 2. The van der Waals surface area contributed by atoms with Gasteiger partial charge in [0.25, 0.3) is 5.91 Å². The monoisotopic (exact) mass is 382 g/mol. The van der Waals surface area contributed by atoms with E-state index < -0.39 is 0 Å². The quantitative estimate of drug-likeness (QED) is 0.537. The van der Waals surface area contributed by atoms with Crippen molar-refractivity contribution < 1.29 is 4.79 Å². The van der Waals surface area contributed by atoms with Gasteiger partial charge in [-0.15, -0.1) is 0 Å². The first-order valence-electron chi connectivity index (χ1n) is 9.63. The summed E-state index contributed by atoms with van der Waals surface area (Å²) in [7, 11) is 0. The lowest BCUT2D eigenvalue weighted by molar-refractivity contribution is 0.0947. The average molecular weight is 382 g/mol. The smallest absolute Gasteiger partial charge is 0.270 e. The zero-order valence-electron chi connectivity index (χ0n) is 16.2. The van der Waals surface area contributed by atoms with Crippen LogP contribution in [0.3, 0.4) is 0 Å². The van der Waals surface area contributed by atoms with Gasteiger partial charge in [-0.2, -0.15) is 0 Å². The number of aromatic nitrogens is 2. The Hall–Kier alpha value is -3.73. The highest BCUT2D eigenvalue weighted by molar-refractivity contribution is 6.02. The second kappa shape index (κ2) is 8.10. The molecule has 0 aliphatic heterocycles. The number of pyridine rings is 2. The second-order valence-corrected chi connectivity index (χ2v) is 6.83. The van der Waals surface area contributed by atoms with Crippen LogP contribution in [-0.4, -0.2) is 15.9 Å². The van der Waals surface area contributed by atoms with Crippen LogP contribution in [0.1, 0.15) is 28.7 Å². The number of nitrogens with zero attached hydrogens (tertiary/aromatic N) is 2. The number of rotatable bonds is 5. The van der Waals surface area contributed by atoms with E-state index in [1.54, 1.807) is 6.07 Å². The topological polar surface area (TPSA) is 80.9 Å². The molecule has 0 atom stereocenters. The molecular weight excluding hydrogens is 360 g/mol. The fraction of sp³-hybridized carbons (Fsp3) is 0.125. The van der Waals surface area contributed by atoms with Gasteiger partial charge in [-0.3, -0.25) is 4.79 Å². The molecule has 5 nitrogen and oxygen atoms in total. The number of nitrogens with two attached hydrogens (primary N) is 1. The third kappa shape index (κ3) is 3.94. The van der Waals surface area contributed by atoms with E-state index in [-0.39, 0.29) is 5.91 Å². The van der Waals surface area contributed by atoms with Crippen molar-refractivity contribution in [2.75, 3.05) is 5.73 Å². The molecule has 0 aliphatic carbocycles. The summed E-state index contributed by atoms with van der Waals surface area (Å²) in [5.41, 5.74) is 10.6. The number of amides is 1. The summed E-state index contributed by atoms with van der Waals surface area (Å²) >= 11 is 0. The van der Waals surface area contributed by atoms with Gasteiger partial charge in [0, 0.05) is 23.1 Å². The normalized spacial score (nSPS) is 10.8. The fourth-order valence-electron chi connectivity index (χ4n) is 3.39. The van der Waals surface area contributed by atoms with Gasteiger partial charge in [0.2, 0.25) is 0 Å². The van der Waals surface area contributed by atoms with E-state index in [0.29, 0.717) is 24.5 Å². The van der Waals surface area contributed by atoms with Crippen molar-refractivity contribution in [2.45, 2.75) is 19.9 Å². The van der Waals surface area contributed by atoms with Crippen molar-refractivity contribution >= 4 is 22.6 Å². The SMILES string of the molecule is CCc1nc(N)ccc1-c1cc2ccccc2nc1C(=O)NCc1ccccc1. The highest BCUT2D eigenvalue weighted by Crippen LogP contribution is 2.30. The number of para-hydroxylation sites is 1. The number of anilines is 1. The van der Waals surface area contributed by atoms with Crippen LogP contribution in [-0.2, 0) is 13.0 Å². The van der Waals surface area contributed by atoms with Gasteiger partial charge in [-0.05, 0) is 36.2 Å². The van der Waals surface area contributed by atoms with E-state index in [1.807, 2.05) is 73.7 Å². The molecule has 0 saturated heterocycles. The highest BCUT2D eigenvalue weighted by Gasteiger charge is 2.18. The molecule has 5 heteroatoms. The minimum atomic E-state index is -0.214. The van der Waals surface area contributed by atoms with Gasteiger partial charge in [0.1, 0.15) is 11.5 Å². The molecule has 2 aromatic carbocycles. The van der Waals surface area contributed by atoms with Gasteiger partial charge in [0.05, 0.1) is 11.2 Å². The molecule has 0 spiro atoms. The summed E-state index contributed by atoms with van der Waals surface area (Å²) in [4.78, 5) is 22.3. The molecule has 0 fully saturated rings. The Labute approximate surface area is 169 Å². The van der Waals surface area contributed by atoms with E-state index in [0.717, 1.165) is 33.3 Å². The number of carbonyl (C=O) groups excluding carboxylic acids is 1. The van der Waals surface area contributed by atoms with Crippen LogP contribution in [0.2, 0.25) is 0 Å². The maximum absolute atomic E-state index is 13.1. The Morgan fingerprint density at radius 3 is 2.48 bits per heavy atom. The molecule has 4 aromatic rings. The minimum absolute atomic E-state index is 0.214. The molecule has 2 heterocycles. The number of hydrogen-bond acceptors (Lipinski definition) is 4. The number of aryl methyl sites for hydroxylation is 1. The Balaban J connectivity index is 1.79. The number of nitrogens with one attached hydrogen (secondary N) is 1. The van der Waals surface area contributed by atoms with Crippen LogP contribution in [0.15, 0.2) is 72.8 Å². The highest BCUT2D eigenvalue weighted by atomic mass is 16.1. The lowest BCUT2D eigenvalue weighted by Crippen LogP contribution is -2.24. The third-order valence-electron chi connectivity index (χ3n) is 4.86. The Kier molecular flexibility index (Phi) is 5.20. The molecular formula is C24H22N4O. The van der Waals surface area contributed by atoms with Crippen LogP contribution in [0.5, 0.6) is 0 Å². The van der Waals surface area contributed by atoms with E-state index in [9.17, 15) is 4.79 Å². The maximum Gasteiger partial charge on any atom is 0.270 e. The van der Waals surface area contributed by atoms with E-state index in [2.05, 4.69) is 10.3 Å². The lowest BCUT2D eigenvalue weighted by atomic mass is 9.98. The first-order valence-corrected chi connectivity index (χ1v) is 9.63. The molecule has 0 saturated carbocycles. The number of nitrogen functional groups attached to an aromatic ring is 1. The number of fused-ring (bicyclic) bond motifs is 1. The molecule has 0 unspecified atom stereocenters. The van der Waals surface area contributed by atoms with Gasteiger partial charge >= 0.3 is 0 Å². The molecule has 4 rings (SSSR count). The summed E-state index contributed by atoms with van der Waals surface area (Å²) in [5.74, 6) is 0.253. The number of hydrogen-bond donors (Lipinski definition) is 2. The van der Waals surface area contributed by atoms with Crippen LogP contribution >= 0.6 is 0 Å². The number of carbonyl (C=O) groups is 1. The van der Waals surface area contributed by atoms with Crippen molar-refractivity contribution in [3.63, 3.8) is 0 Å². The van der Waals surface area contributed by atoms with Crippen molar-refractivity contribution in [2.24, 2.45) is 0 Å². The van der Waals surface area contributed by atoms with Crippen molar-refractivity contribution in [3.8, 4) is 11.1 Å². The van der Waals surface area contributed by atoms with Gasteiger partial charge in [-0.25, -0.2) is 9.97 Å². The molecule has 144 valence electrons. The Morgan fingerprint density at radius 2 is 1.69 bits per heavy atom. The van der Waals surface area contributed by atoms with Crippen molar-refractivity contribution in [3.05, 3.63) is 89.7 Å². The summed E-state index contributed by atoms with van der Waals surface area (Å²) in [6, 6.07) is 23.3. The van der Waals surface area contributed by atoms with Crippen LogP contribution in [0, 0.1) is 0 Å². The predicted octanol–water partition coefficient (Wildman–Crippen LogP) is 4.37. The van der Waals surface area contributed by atoms with Crippen molar-refractivity contribution in [1.82, 2.24) is 15.3 Å². The van der Waals surface area contributed by atoms with Crippen LogP contribution < -0.4 is 11.1 Å². The van der Waals surface area contributed by atoms with Gasteiger partial charge in [-0.1, -0.05) is 55.5 Å². The van der Waals surface area contributed by atoms with Crippen LogP contribution in [0.25, 0.3) is 22.0 Å². The molecule has 0 bridgehead atoms. The molecule has 0 radical (unpaired) electrons. The molecule has 2 aromatic heterocycles. The molecule has 0 aliphatic rings. The standard InChI is InChI=1S/C24H22N4O/c1-2-20-18(12-13-22(25)27-20)19-14-17-10-6-7-11-21(17)28-23(19)24(29)26-15-16-8-4-3-5-9-16/h3-14H,2,15H2,1H3,(H2,25,27)(H,26,29). The summed E-state index contributed by atoms with van der Waals surface area (Å²) in [5, 5.41) is 3.97. The average Bonchev–Trinajstić information content (AvgIpc) is 2.77. The van der Waals surface area contributed by atoms with Crippen molar-refractivity contribution in [1.29, 1.82) is 0 Å². The summed E-state index contributed by atoms with van der Waals surface area (Å²) in [6.45, 7) is 2.46. The Morgan fingerprint density at radius 1 is 0.931 bits per heavy atom. The molecule has 1 amide bonds. The van der Waals surface area contributed by atoms with Crippen LogP contribution in [0.4, 0.5) is 5.82 Å². The first-order chi connectivity index (χ1) is 14.2. The van der Waals surface area contributed by atoms with E-state index >= 15 is 0 Å². The predicted molar refractivity (Wildman–Crippen MR) is 116 cm³/mol. The van der Waals surface area contributed by atoms with E-state index in [4.69, 9.17) is 10.7 Å². The van der Waals surface area contributed by atoms with Gasteiger partial charge < -0.3 is 11.1 Å². The zero-order chi connectivity index (χ0) is 20.2. The Bertz CT molecular complexity index is 1170. The largest absolute Gasteiger partial charge is 0.384 e. The summed E-state index contributed by atoms with van der Waals surface area (Å²) in [6.07, 6.45) is 0.707. The zero-order valence-corrected chi connectivity index (χ0v) is 16.2. The first kappa shape index (κ1) is 18.6. The second-order valence-electron chi connectivity index (χ2n) is 6.83. The fourth-order valence-corrected chi connectivity index (χ4v) is 3.39. The van der Waals surface area contributed by atoms with E-state index in [1.165, 1.54) is 0 Å². The van der Waals surface area contributed by atoms with Gasteiger partial charge in [0.15, 0.2) is 0 Å². The molecule has 29 heavy (non-hydrogen) atoms. The third-order valence-corrected chi connectivity index (χ3v) is 4.86. The minimum Gasteiger partial charge on any atom is -0.384 e. The molecule has 3 N–H and O–H groups in total. The maximum atomic E-state index is 13.1. The lowest BCUT2D eigenvalue weighted by Gasteiger charge is -2.14. The summed E-state index contributed by atoms with van der Waals surface area (Å²) < 4.78 is 0.